The van der Waals surface area contributed by atoms with Crippen LogP contribution in [0.1, 0.15) is 137 Å². The fraction of sp³-hybridized carbons (Fsp3) is 0.706. The molecule has 2 amide bonds. The maximum Gasteiger partial charge on any atom is 0.309 e. The lowest BCUT2D eigenvalue weighted by Gasteiger charge is -2.75. The Morgan fingerprint density at radius 2 is 1.56 bits per heavy atom. The first-order chi connectivity index (χ1) is 29.3. The first kappa shape index (κ1) is 47.4. The number of rotatable bonds is 12. The number of hydrogen-bond donors (Lipinski definition) is 5. The van der Waals surface area contributed by atoms with E-state index in [2.05, 4.69) is 71.8 Å². The van der Waals surface area contributed by atoms with Gasteiger partial charge in [0.05, 0.1) is 24.5 Å². The third-order valence-electron chi connectivity index (χ3n) is 19.4. The third-order valence-corrected chi connectivity index (χ3v) is 19.6. The van der Waals surface area contributed by atoms with Crippen molar-refractivity contribution in [2.45, 2.75) is 145 Å². The van der Waals surface area contributed by atoms with Crippen molar-refractivity contribution in [2.75, 3.05) is 13.2 Å². The minimum Gasteiger partial charge on any atom is -0.481 e. The summed E-state index contributed by atoms with van der Waals surface area (Å²) in [5.41, 5.74) is -0.703. The van der Waals surface area contributed by atoms with E-state index < -0.39 is 64.6 Å². The van der Waals surface area contributed by atoms with Gasteiger partial charge in [0.15, 0.2) is 5.78 Å². The van der Waals surface area contributed by atoms with Crippen molar-refractivity contribution in [1.29, 1.82) is 0 Å². The number of nitrogens with one attached hydrogen (secondary N) is 2. The molecule has 346 valence electrons. The number of aliphatic hydroxyl groups excluding tert-OH is 2. The van der Waals surface area contributed by atoms with Crippen LogP contribution in [0.5, 0.6) is 0 Å². The predicted molar refractivity (Wildman–Crippen MR) is 240 cm³/mol. The van der Waals surface area contributed by atoms with E-state index in [-0.39, 0.29) is 69.9 Å². The number of fused-ring (bicyclic) bond motifs is 7. The van der Waals surface area contributed by atoms with Gasteiger partial charge in [0.25, 0.3) is 5.91 Å². The Hall–Kier alpha value is -3.54. The van der Waals surface area contributed by atoms with Crippen LogP contribution >= 0.6 is 11.6 Å². The normalized spacial score (nSPS) is 38.4. The quantitative estimate of drug-likeness (QED) is 0.102. The minimum atomic E-state index is -1.25. The van der Waals surface area contributed by atoms with Crippen LogP contribution in [0.2, 0.25) is 5.02 Å². The fourth-order valence-corrected chi connectivity index (χ4v) is 15.4. The minimum absolute atomic E-state index is 0.0381. The van der Waals surface area contributed by atoms with Crippen LogP contribution in [-0.4, -0.2) is 76.3 Å². The first-order valence-electron chi connectivity index (χ1n) is 23.3. The average molecular weight is 892 g/mol. The van der Waals surface area contributed by atoms with Crippen LogP contribution in [0.25, 0.3) is 0 Å². The number of halogens is 1. The second-order valence-electron chi connectivity index (χ2n) is 22.5. The van der Waals surface area contributed by atoms with Crippen LogP contribution in [0.4, 0.5) is 0 Å². The van der Waals surface area contributed by atoms with Crippen LogP contribution in [0.3, 0.4) is 0 Å². The van der Waals surface area contributed by atoms with E-state index in [1.165, 1.54) is 12.1 Å². The van der Waals surface area contributed by atoms with E-state index in [4.69, 9.17) is 16.3 Å². The molecule has 5 N–H and O–H groups in total. The molecule has 1 aromatic carbocycles. The van der Waals surface area contributed by atoms with Gasteiger partial charge < -0.3 is 30.7 Å². The van der Waals surface area contributed by atoms with Gasteiger partial charge >= 0.3 is 11.9 Å². The van der Waals surface area contributed by atoms with E-state index in [0.717, 1.165) is 49.7 Å². The number of benzene rings is 1. The standard InChI is InChI=1S/C51H71ClN2O9/c1-11-51-23-21-48(9)36(49(51,10)19-18-38(46(51,6)7)63-44(62)33-24-32(43(60)61)45(33,4)5)17-16-31-40-39(28(2)3)35(56)25-50(40,22-20-47(31,48)8)37(57)26-53-42(59)34(27-55)54-41(58)29-12-14-30(52)15-13-29/h11-15,28,31-34,36-38,55,57H,1,16-27H2,2-10H3,(H,53,59)(H,54,58)(H,60,61)/t31-,32+,33-,34-,36+,37+,38+,47-,48-,49-,50+,51+/m1/s1. The maximum atomic E-state index is 14.2. The topological polar surface area (TPSA) is 179 Å². The summed E-state index contributed by atoms with van der Waals surface area (Å²) in [7, 11) is 0. The second-order valence-corrected chi connectivity index (χ2v) is 22.9. The summed E-state index contributed by atoms with van der Waals surface area (Å²) < 4.78 is 6.48. The number of ketones is 1. The SMILES string of the molecule is C=C[C@@]12CC[C@]3(C)[C@H](CC[C@@H]4C5=C(C(C)C)C(=O)C[C@]5([C@@H](O)CNC(=O)[C@@H](CO)NC(=O)c5ccc(Cl)cc5)CC[C@]43C)[C@@]1(C)CC[C@H](OC(=O)[C@H]1C[C@@H](C(=O)O)C1(C)C)C2(C)C. The third kappa shape index (κ3) is 6.81. The van der Waals surface area contributed by atoms with Crippen molar-refractivity contribution in [3.63, 3.8) is 0 Å². The van der Waals surface area contributed by atoms with Crippen molar-refractivity contribution >= 4 is 41.1 Å². The molecule has 12 atom stereocenters. The van der Waals surface area contributed by atoms with Crippen molar-refractivity contribution < 1.29 is 44.0 Å². The Morgan fingerprint density at radius 3 is 2.14 bits per heavy atom. The van der Waals surface area contributed by atoms with E-state index in [1.54, 1.807) is 12.1 Å². The van der Waals surface area contributed by atoms with Gasteiger partial charge in [0.1, 0.15) is 12.1 Å². The number of aliphatic hydroxyl groups is 2. The molecule has 6 aliphatic carbocycles. The molecule has 7 rings (SSSR count). The van der Waals surface area contributed by atoms with Gasteiger partial charge in [-0.05, 0) is 127 Å². The lowest BCUT2D eigenvalue weighted by molar-refractivity contribution is -0.263. The summed E-state index contributed by atoms with van der Waals surface area (Å²) in [4.78, 5) is 66.3. The number of ether oxygens (including phenoxy) is 1. The molecule has 0 heterocycles. The highest BCUT2D eigenvalue weighted by atomic mass is 35.5. The Labute approximate surface area is 378 Å². The molecule has 0 spiro atoms. The number of allylic oxidation sites excluding steroid dienone is 2. The number of hydrogen-bond acceptors (Lipinski definition) is 8. The number of carboxylic acids is 1. The van der Waals surface area contributed by atoms with Crippen LogP contribution in [-0.2, 0) is 23.9 Å². The van der Waals surface area contributed by atoms with Gasteiger partial charge in [-0.1, -0.05) is 85.6 Å². The molecule has 0 aromatic heterocycles. The zero-order chi connectivity index (χ0) is 46.5. The zero-order valence-electron chi connectivity index (χ0n) is 38.9. The van der Waals surface area contributed by atoms with Crippen molar-refractivity contribution in [3.05, 3.63) is 58.7 Å². The van der Waals surface area contributed by atoms with Gasteiger partial charge in [-0.2, -0.15) is 0 Å². The van der Waals surface area contributed by atoms with E-state index in [9.17, 15) is 39.3 Å². The Balaban J connectivity index is 1.13. The molecule has 6 aliphatic rings. The van der Waals surface area contributed by atoms with Gasteiger partial charge in [-0.25, -0.2) is 0 Å². The number of Topliss-reactive ketones (excluding diaryl/α,β-unsaturated/α-hetero) is 1. The number of carbonyl (C=O) groups excluding carboxylic acids is 4. The molecule has 5 saturated carbocycles. The van der Waals surface area contributed by atoms with Gasteiger partial charge in [-0.3, -0.25) is 24.0 Å². The van der Waals surface area contributed by atoms with Crippen LogP contribution in [0.15, 0.2) is 48.1 Å². The molecule has 0 unspecified atom stereocenters. The summed E-state index contributed by atoms with van der Waals surface area (Å²) in [6.45, 7) is 23.4. The van der Waals surface area contributed by atoms with E-state index in [0.29, 0.717) is 30.2 Å². The molecule has 63 heavy (non-hydrogen) atoms. The first-order valence-corrected chi connectivity index (χ1v) is 23.7. The van der Waals surface area contributed by atoms with E-state index >= 15 is 0 Å². The number of esters is 1. The molecule has 11 nitrogen and oxygen atoms in total. The summed E-state index contributed by atoms with van der Waals surface area (Å²) >= 11 is 5.97. The smallest absolute Gasteiger partial charge is 0.309 e. The lowest BCUT2D eigenvalue weighted by atomic mass is 9.29. The Bertz CT molecular complexity index is 2100. The van der Waals surface area contributed by atoms with Gasteiger partial charge in [0, 0.05) is 39.8 Å². The molecule has 0 bridgehead atoms. The summed E-state index contributed by atoms with van der Waals surface area (Å²) in [5, 5.41) is 38.0. The maximum absolute atomic E-state index is 14.2. The molecule has 12 heteroatoms. The summed E-state index contributed by atoms with van der Waals surface area (Å²) in [6, 6.07) is 4.94. The Kier molecular flexibility index (Phi) is 12.1. The highest BCUT2D eigenvalue weighted by Gasteiger charge is 2.74. The van der Waals surface area contributed by atoms with Crippen molar-refractivity contribution in [3.8, 4) is 0 Å². The van der Waals surface area contributed by atoms with E-state index in [1.807, 2.05) is 13.8 Å². The molecular weight excluding hydrogens is 820 g/mol. The average Bonchev–Trinajstić information content (AvgIpc) is 3.53. The zero-order valence-corrected chi connectivity index (χ0v) is 39.6. The highest BCUT2D eigenvalue weighted by molar-refractivity contribution is 6.30. The highest BCUT2D eigenvalue weighted by Crippen LogP contribution is 2.80. The number of carbonyl (C=O) groups is 5. The molecule has 5 fully saturated rings. The molecule has 0 aliphatic heterocycles. The molecule has 1 aromatic rings. The largest absolute Gasteiger partial charge is 0.481 e. The molecule has 0 radical (unpaired) electrons. The molecule has 0 saturated heterocycles. The van der Waals surface area contributed by atoms with Gasteiger partial charge in [-0.15, -0.1) is 6.58 Å². The fourth-order valence-electron chi connectivity index (χ4n) is 15.3. The second kappa shape index (κ2) is 16.1. The van der Waals surface area contributed by atoms with Crippen LogP contribution in [0, 0.1) is 67.5 Å². The van der Waals surface area contributed by atoms with Crippen molar-refractivity contribution in [1.82, 2.24) is 10.6 Å². The predicted octanol–water partition coefficient (Wildman–Crippen LogP) is 8.10. The number of aliphatic carboxylic acids is 1. The number of carboxylic acid groups (broad SMARTS) is 1. The summed E-state index contributed by atoms with van der Waals surface area (Å²) in [5.74, 6) is -3.03. The lowest BCUT2D eigenvalue weighted by Crippen LogP contribution is -2.70. The van der Waals surface area contributed by atoms with Gasteiger partial charge in [0.2, 0.25) is 5.91 Å². The van der Waals surface area contributed by atoms with Crippen molar-refractivity contribution in [2.24, 2.45) is 67.5 Å². The van der Waals surface area contributed by atoms with Crippen LogP contribution < -0.4 is 10.6 Å². The summed E-state index contributed by atoms with van der Waals surface area (Å²) in [6.07, 6.45) is 7.70. The molecular formula is C51H71ClN2O9. The monoisotopic (exact) mass is 890 g/mol. The number of amides is 2. The Morgan fingerprint density at radius 1 is 0.905 bits per heavy atom.